The molecule has 0 saturated carbocycles. The van der Waals surface area contributed by atoms with Crippen molar-refractivity contribution in [3.8, 4) is 5.75 Å². The summed E-state index contributed by atoms with van der Waals surface area (Å²) in [5, 5.41) is 3.12. The Labute approximate surface area is 158 Å². The summed E-state index contributed by atoms with van der Waals surface area (Å²) in [6, 6.07) is 12.2. The van der Waals surface area contributed by atoms with E-state index in [0.717, 1.165) is 21.9 Å². The molecule has 0 saturated heterocycles. The Morgan fingerprint density at radius 3 is 2.42 bits per heavy atom. The zero-order valence-corrected chi connectivity index (χ0v) is 16.4. The summed E-state index contributed by atoms with van der Waals surface area (Å²) >= 11 is 5.98. The third-order valence-corrected chi connectivity index (χ3v) is 5.14. The molecule has 2 aromatic rings. The van der Waals surface area contributed by atoms with Crippen molar-refractivity contribution in [2.24, 2.45) is 0 Å². The number of nitrogens with zero attached hydrogens (tertiary/aromatic N) is 1. The number of hydrogen-bond acceptors (Lipinski definition) is 4. The lowest BCUT2D eigenvalue weighted by Gasteiger charge is -2.23. The molecule has 8 heteroatoms. The third kappa shape index (κ3) is 5.37. The van der Waals surface area contributed by atoms with Crippen molar-refractivity contribution in [2.45, 2.75) is 13.5 Å². The Kier molecular flexibility index (Phi) is 6.50. The van der Waals surface area contributed by atoms with Crippen LogP contribution in [0, 0.1) is 6.92 Å². The number of amides is 1. The van der Waals surface area contributed by atoms with Gasteiger partial charge in [-0.2, -0.15) is 0 Å². The van der Waals surface area contributed by atoms with E-state index in [2.05, 4.69) is 5.32 Å². The second kappa shape index (κ2) is 8.42. The van der Waals surface area contributed by atoms with Gasteiger partial charge in [0.25, 0.3) is 0 Å². The quantitative estimate of drug-likeness (QED) is 0.780. The minimum atomic E-state index is -3.65. The van der Waals surface area contributed by atoms with Crippen LogP contribution in [-0.2, 0) is 21.4 Å². The minimum absolute atomic E-state index is 0.287. The van der Waals surface area contributed by atoms with Crippen LogP contribution >= 0.6 is 11.6 Å². The number of rotatable bonds is 7. The topological polar surface area (TPSA) is 75.7 Å². The second-order valence-corrected chi connectivity index (χ2v) is 8.17. The summed E-state index contributed by atoms with van der Waals surface area (Å²) in [4.78, 5) is 12.3. The van der Waals surface area contributed by atoms with E-state index >= 15 is 0 Å². The van der Waals surface area contributed by atoms with Crippen LogP contribution in [0.25, 0.3) is 0 Å². The summed E-state index contributed by atoms with van der Waals surface area (Å²) in [6.07, 6.45) is 1.06. The molecule has 0 atom stereocenters. The number of hydrogen-bond donors (Lipinski definition) is 1. The van der Waals surface area contributed by atoms with E-state index < -0.39 is 15.9 Å². The van der Waals surface area contributed by atoms with Gasteiger partial charge in [-0.3, -0.25) is 9.10 Å². The molecule has 140 valence electrons. The Morgan fingerprint density at radius 2 is 1.85 bits per heavy atom. The van der Waals surface area contributed by atoms with Gasteiger partial charge in [0, 0.05) is 11.6 Å². The molecule has 0 bridgehead atoms. The van der Waals surface area contributed by atoms with Crippen molar-refractivity contribution in [1.29, 1.82) is 0 Å². The molecule has 1 N–H and O–H groups in total. The van der Waals surface area contributed by atoms with Gasteiger partial charge in [0.1, 0.15) is 12.3 Å². The predicted octanol–water partition coefficient (Wildman–Crippen LogP) is 2.74. The third-order valence-electron chi connectivity index (χ3n) is 3.78. The highest BCUT2D eigenvalue weighted by Gasteiger charge is 2.22. The van der Waals surface area contributed by atoms with E-state index in [0.29, 0.717) is 16.3 Å². The van der Waals surface area contributed by atoms with Crippen molar-refractivity contribution < 1.29 is 17.9 Å². The van der Waals surface area contributed by atoms with Gasteiger partial charge in [-0.05, 0) is 42.3 Å². The summed E-state index contributed by atoms with van der Waals surface area (Å²) in [5.74, 6) is 0.311. The number of anilines is 1. The van der Waals surface area contributed by atoms with E-state index in [9.17, 15) is 13.2 Å². The van der Waals surface area contributed by atoms with E-state index in [1.54, 1.807) is 38.3 Å². The molecular weight excluding hydrogens is 376 g/mol. The second-order valence-electron chi connectivity index (χ2n) is 5.83. The highest BCUT2D eigenvalue weighted by Crippen LogP contribution is 2.26. The highest BCUT2D eigenvalue weighted by atomic mass is 35.5. The maximum atomic E-state index is 12.3. The van der Waals surface area contributed by atoms with Crippen LogP contribution in [0.3, 0.4) is 0 Å². The fourth-order valence-corrected chi connectivity index (χ4v) is 3.43. The number of methoxy groups -OCH3 is 1. The molecule has 1 amide bonds. The molecule has 0 aliphatic heterocycles. The highest BCUT2D eigenvalue weighted by molar-refractivity contribution is 7.92. The molecular formula is C18H21ClN2O4S. The first-order valence-electron chi connectivity index (χ1n) is 7.84. The molecule has 0 spiro atoms. The normalized spacial score (nSPS) is 11.1. The van der Waals surface area contributed by atoms with Crippen molar-refractivity contribution in [2.75, 3.05) is 24.2 Å². The van der Waals surface area contributed by atoms with Gasteiger partial charge >= 0.3 is 0 Å². The van der Waals surface area contributed by atoms with Crippen LogP contribution in [0.2, 0.25) is 5.02 Å². The van der Waals surface area contributed by atoms with Gasteiger partial charge in [-0.1, -0.05) is 29.8 Å². The molecule has 0 aromatic heterocycles. The standard InChI is InChI=1S/C18H21ClN2O4S/c1-13-4-7-15(19)10-17(13)21(26(3,23)24)12-18(22)20-11-14-5-8-16(25-2)9-6-14/h4-10H,11-12H2,1-3H3,(H,20,22). The van der Waals surface area contributed by atoms with E-state index in [-0.39, 0.29) is 13.1 Å². The average molecular weight is 397 g/mol. The number of carbonyl (C=O) groups excluding carboxylic acids is 1. The number of benzene rings is 2. The van der Waals surface area contributed by atoms with E-state index in [1.807, 2.05) is 12.1 Å². The Morgan fingerprint density at radius 1 is 1.19 bits per heavy atom. The molecule has 26 heavy (non-hydrogen) atoms. The van der Waals surface area contributed by atoms with Gasteiger partial charge < -0.3 is 10.1 Å². The first kappa shape index (κ1) is 20.1. The maximum absolute atomic E-state index is 12.3. The summed E-state index contributed by atoms with van der Waals surface area (Å²) in [7, 11) is -2.07. The molecule has 0 radical (unpaired) electrons. The predicted molar refractivity (Wildman–Crippen MR) is 103 cm³/mol. The Balaban J connectivity index is 2.10. The fourth-order valence-electron chi connectivity index (χ4n) is 2.36. The van der Waals surface area contributed by atoms with Crippen LogP contribution in [0.5, 0.6) is 5.75 Å². The maximum Gasteiger partial charge on any atom is 0.241 e. The lowest BCUT2D eigenvalue weighted by molar-refractivity contribution is -0.119. The molecule has 0 fully saturated rings. The molecule has 0 heterocycles. The monoisotopic (exact) mass is 396 g/mol. The number of ether oxygens (including phenoxy) is 1. The molecule has 6 nitrogen and oxygen atoms in total. The van der Waals surface area contributed by atoms with Gasteiger partial charge in [-0.15, -0.1) is 0 Å². The zero-order chi connectivity index (χ0) is 19.3. The zero-order valence-electron chi connectivity index (χ0n) is 14.8. The molecule has 2 rings (SSSR count). The summed E-state index contributed by atoms with van der Waals surface area (Å²) < 4.78 is 30.5. The Bertz CT molecular complexity index is 883. The lowest BCUT2D eigenvalue weighted by Crippen LogP contribution is -2.40. The van der Waals surface area contributed by atoms with Gasteiger partial charge in [0.15, 0.2) is 0 Å². The number of aryl methyl sites for hydroxylation is 1. The number of carbonyl (C=O) groups is 1. The van der Waals surface area contributed by atoms with Crippen LogP contribution < -0.4 is 14.4 Å². The van der Waals surface area contributed by atoms with Crippen LogP contribution in [0.1, 0.15) is 11.1 Å². The molecule has 0 unspecified atom stereocenters. The number of nitrogens with one attached hydrogen (secondary N) is 1. The van der Waals surface area contributed by atoms with Crippen LogP contribution in [-0.4, -0.2) is 34.2 Å². The van der Waals surface area contributed by atoms with Crippen molar-refractivity contribution in [3.05, 3.63) is 58.6 Å². The average Bonchev–Trinajstić information content (AvgIpc) is 2.59. The van der Waals surface area contributed by atoms with Gasteiger partial charge in [0.2, 0.25) is 15.9 Å². The van der Waals surface area contributed by atoms with Crippen molar-refractivity contribution >= 4 is 33.2 Å². The van der Waals surface area contributed by atoms with Crippen molar-refractivity contribution in [3.63, 3.8) is 0 Å². The molecule has 0 aliphatic carbocycles. The minimum Gasteiger partial charge on any atom is -0.497 e. The first-order chi connectivity index (χ1) is 12.2. The fraction of sp³-hybridized carbons (Fsp3) is 0.278. The number of halogens is 1. The SMILES string of the molecule is COc1ccc(CNC(=O)CN(c2cc(Cl)ccc2C)S(C)(=O)=O)cc1. The molecule has 2 aromatic carbocycles. The first-order valence-corrected chi connectivity index (χ1v) is 10.1. The number of sulfonamides is 1. The molecule has 0 aliphatic rings. The van der Waals surface area contributed by atoms with E-state index in [1.165, 1.54) is 6.07 Å². The van der Waals surface area contributed by atoms with Crippen LogP contribution in [0.15, 0.2) is 42.5 Å². The smallest absolute Gasteiger partial charge is 0.241 e. The largest absolute Gasteiger partial charge is 0.497 e. The van der Waals surface area contributed by atoms with E-state index in [4.69, 9.17) is 16.3 Å². The van der Waals surface area contributed by atoms with Gasteiger partial charge in [0.05, 0.1) is 19.1 Å². The lowest BCUT2D eigenvalue weighted by atomic mass is 10.2. The summed E-state index contributed by atoms with van der Waals surface area (Å²) in [5.41, 5.74) is 1.98. The van der Waals surface area contributed by atoms with Crippen LogP contribution in [0.4, 0.5) is 5.69 Å². The van der Waals surface area contributed by atoms with Crippen molar-refractivity contribution in [1.82, 2.24) is 5.32 Å². The Hall–Kier alpha value is -2.25. The summed E-state index contributed by atoms with van der Waals surface area (Å²) in [6.45, 7) is 1.73. The van der Waals surface area contributed by atoms with Gasteiger partial charge in [-0.25, -0.2) is 8.42 Å².